The first kappa shape index (κ1) is 10.9. The van der Waals surface area contributed by atoms with Crippen LogP contribution in [0, 0.1) is 5.92 Å². The van der Waals surface area contributed by atoms with E-state index in [1.54, 1.807) is 0 Å². The summed E-state index contributed by atoms with van der Waals surface area (Å²) in [5.74, 6) is 0.390. The molecule has 0 aromatic carbocycles. The quantitative estimate of drug-likeness (QED) is 0.733. The fourth-order valence-corrected chi connectivity index (χ4v) is 1.57. The van der Waals surface area contributed by atoms with Crippen molar-refractivity contribution in [2.45, 2.75) is 38.8 Å². The van der Waals surface area contributed by atoms with Crippen molar-refractivity contribution >= 4 is 0 Å². The Bertz CT molecular complexity index is 149. The minimum atomic E-state index is -2.29. The van der Waals surface area contributed by atoms with E-state index in [0.717, 1.165) is 13.0 Å². The monoisotopic (exact) mass is 193 g/mol. The van der Waals surface area contributed by atoms with Crippen molar-refractivity contribution in [1.29, 1.82) is 0 Å². The molecule has 78 valence electrons. The van der Waals surface area contributed by atoms with Gasteiger partial charge >= 0.3 is 0 Å². The number of hydrogen-bond donors (Lipinski definition) is 1. The molecule has 3 unspecified atom stereocenters. The second kappa shape index (κ2) is 4.86. The van der Waals surface area contributed by atoms with Crippen molar-refractivity contribution in [3.05, 3.63) is 0 Å². The number of ether oxygens (including phenoxy) is 1. The topological polar surface area (TPSA) is 21.3 Å². The highest BCUT2D eigenvalue weighted by molar-refractivity contribution is 4.78. The Morgan fingerprint density at radius 3 is 2.54 bits per heavy atom. The van der Waals surface area contributed by atoms with E-state index in [2.05, 4.69) is 5.32 Å². The van der Waals surface area contributed by atoms with Crippen LogP contribution in [0.3, 0.4) is 0 Å². The van der Waals surface area contributed by atoms with Gasteiger partial charge in [0.05, 0.1) is 12.6 Å². The summed E-state index contributed by atoms with van der Waals surface area (Å²) in [5.41, 5.74) is 0. The zero-order chi connectivity index (χ0) is 9.84. The van der Waals surface area contributed by atoms with Crippen LogP contribution in [0.2, 0.25) is 0 Å². The molecular formula is C9H17F2NO. The SMILES string of the molecule is CC(NC(C)C1CCOC1)C(F)F. The summed E-state index contributed by atoms with van der Waals surface area (Å²) in [4.78, 5) is 0. The summed E-state index contributed by atoms with van der Waals surface area (Å²) in [5, 5.41) is 2.89. The maximum Gasteiger partial charge on any atom is 0.253 e. The van der Waals surface area contributed by atoms with Crippen molar-refractivity contribution in [1.82, 2.24) is 5.32 Å². The van der Waals surface area contributed by atoms with E-state index in [0.29, 0.717) is 12.5 Å². The van der Waals surface area contributed by atoms with E-state index in [1.165, 1.54) is 6.92 Å². The summed E-state index contributed by atoms with van der Waals surface area (Å²) in [6, 6.07) is -0.609. The fourth-order valence-electron chi connectivity index (χ4n) is 1.57. The summed E-state index contributed by atoms with van der Waals surface area (Å²) in [6.45, 7) is 4.92. The fraction of sp³-hybridized carbons (Fsp3) is 1.00. The Morgan fingerprint density at radius 2 is 2.08 bits per heavy atom. The highest BCUT2D eigenvalue weighted by Gasteiger charge is 2.25. The van der Waals surface area contributed by atoms with Crippen LogP contribution < -0.4 is 5.32 Å². The van der Waals surface area contributed by atoms with Crippen LogP contribution in [-0.2, 0) is 4.74 Å². The Kier molecular flexibility index (Phi) is 4.06. The predicted molar refractivity (Wildman–Crippen MR) is 47.0 cm³/mol. The van der Waals surface area contributed by atoms with Gasteiger partial charge in [0, 0.05) is 12.6 Å². The van der Waals surface area contributed by atoms with Gasteiger partial charge in [-0.25, -0.2) is 8.78 Å². The Hall–Kier alpha value is -0.220. The zero-order valence-electron chi connectivity index (χ0n) is 8.09. The van der Waals surface area contributed by atoms with Crippen LogP contribution in [0.5, 0.6) is 0 Å². The van der Waals surface area contributed by atoms with Gasteiger partial charge in [0.2, 0.25) is 0 Å². The van der Waals surface area contributed by atoms with Crippen molar-refractivity contribution in [2.24, 2.45) is 5.92 Å². The Balaban J connectivity index is 2.26. The lowest BCUT2D eigenvalue weighted by molar-refractivity contribution is 0.0940. The van der Waals surface area contributed by atoms with Gasteiger partial charge in [-0.1, -0.05) is 0 Å². The highest BCUT2D eigenvalue weighted by atomic mass is 19.3. The van der Waals surface area contributed by atoms with Crippen LogP contribution in [0.4, 0.5) is 8.78 Å². The van der Waals surface area contributed by atoms with Gasteiger partial charge in [0.25, 0.3) is 6.43 Å². The van der Waals surface area contributed by atoms with Crippen molar-refractivity contribution < 1.29 is 13.5 Å². The van der Waals surface area contributed by atoms with E-state index in [1.807, 2.05) is 6.92 Å². The first-order valence-electron chi connectivity index (χ1n) is 4.73. The van der Waals surface area contributed by atoms with E-state index in [4.69, 9.17) is 4.74 Å². The normalized spacial score (nSPS) is 27.9. The van der Waals surface area contributed by atoms with Gasteiger partial charge in [-0.05, 0) is 26.2 Å². The number of halogens is 2. The lowest BCUT2D eigenvalue weighted by atomic mass is 10.00. The van der Waals surface area contributed by atoms with Crippen LogP contribution in [-0.4, -0.2) is 31.7 Å². The molecule has 1 fully saturated rings. The minimum Gasteiger partial charge on any atom is -0.381 e. The Labute approximate surface area is 77.6 Å². The summed E-state index contributed by atoms with van der Waals surface area (Å²) < 4.78 is 29.6. The van der Waals surface area contributed by atoms with E-state index >= 15 is 0 Å². The van der Waals surface area contributed by atoms with Crippen LogP contribution in [0.1, 0.15) is 20.3 Å². The third-order valence-corrected chi connectivity index (χ3v) is 2.58. The summed E-state index contributed by atoms with van der Waals surface area (Å²) in [6.07, 6.45) is -1.31. The molecule has 0 aromatic heterocycles. The van der Waals surface area contributed by atoms with E-state index in [-0.39, 0.29) is 6.04 Å². The minimum absolute atomic E-state index is 0.117. The van der Waals surface area contributed by atoms with Gasteiger partial charge in [-0.3, -0.25) is 0 Å². The van der Waals surface area contributed by atoms with Gasteiger partial charge in [-0.15, -0.1) is 0 Å². The molecule has 0 aromatic rings. The summed E-state index contributed by atoms with van der Waals surface area (Å²) in [7, 11) is 0. The van der Waals surface area contributed by atoms with E-state index < -0.39 is 12.5 Å². The second-order valence-corrected chi connectivity index (χ2v) is 3.70. The smallest absolute Gasteiger partial charge is 0.253 e. The molecule has 1 aliphatic heterocycles. The molecule has 0 saturated carbocycles. The van der Waals surface area contributed by atoms with Gasteiger partial charge in [0.15, 0.2) is 0 Å². The maximum atomic E-state index is 12.2. The molecule has 2 nitrogen and oxygen atoms in total. The van der Waals surface area contributed by atoms with Crippen molar-refractivity contribution in [2.75, 3.05) is 13.2 Å². The number of rotatable bonds is 4. The van der Waals surface area contributed by atoms with Gasteiger partial charge in [-0.2, -0.15) is 0 Å². The molecule has 1 N–H and O–H groups in total. The standard InChI is InChI=1S/C9H17F2NO/c1-6(8-3-4-13-5-8)12-7(2)9(10)11/h6-9,12H,3-5H2,1-2H3. The lowest BCUT2D eigenvalue weighted by Gasteiger charge is -2.23. The average molecular weight is 193 g/mol. The first-order valence-corrected chi connectivity index (χ1v) is 4.73. The number of hydrogen-bond acceptors (Lipinski definition) is 2. The molecule has 0 bridgehead atoms. The molecule has 3 atom stereocenters. The average Bonchev–Trinajstić information content (AvgIpc) is 2.55. The van der Waals surface area contributed by atoms with Gasteiger partial charge in [0.1, 0.15) is 0 Å². The lowest BCUT2D eigenvalue weighted by Crippen LogP contribution is -2.43. The van der Waals surface area contributed by atoms with Crippen LogP contribution >= 0.6 is 0 Å². The second-order valence-electron chi connectivity index (χ2n) is 3.70. The number of nitrogens with one attached hydrogen (secondary N) is 1. The zero-order valence-corrected chi connectivity index (χ0v) is 8.09. The Morgan fingerprint density at radius 1 is 1.38 bits per heavy atom. The first-order chi connectivity index (χ1) is 6.11. The molecule has 13 heavy (non-hydrogen) atoms. The van der Waals surface area contributed by atoms with Crippen LogP contribution in [0.15, 0.2) is 0 Å². The molecule has 1 rings (SSSR count). The summed E-state index contributed by atoms with van der Waals surface area (Å²) >= 11 is 0. The molecule has 0 aliphatic carbocycles. The third-order valence-electron chi connectivity index (χ3n) is 2.58. The molecule has 0 radical (unpaired) electrons. The highest BCUT2D eigenvalue weighted by Crippen LogP contribution is 2.17. The van der Waals surface area contributed by atoms with Crippen molar-refractivity contribution in [3.8, 4) is 0 Å². The molecule has 1 aliphatic rings. The molecule has 1 heterocycles. The van der Waals surface area contributed by atoms with E-state index in [9.17, 15) is 8.78 Å². The van der Waals surface area contributed by atoms with Gasteiger partial charge < -0.3 is 10.1 Å². The molecule has 0 amide bonds. The molecule has 0 spiro atoms. The predicted octanol–water partition coefficient (Wildman–Crippen LogP) is 1.65. The van der Waals surface area contributed by atoms with Crippen molar-refractivity contribution in [3.63, 3.8) is 0 Å². The molecular weight excluding hydrogens is 176 g/mol. The third kappa shape index (κ3) is 3.19. The largest absolute Gasteiger partial charge is 0.381 e. The molecule has 4 heteroatoms. The number of alkyl halides is 2. The van der Waals surface area contributed by atoms with Crippen LogP contribution in [0.25, 0.3) is 0 Å². The molecule has 1 saturated heterocycles. The maximum absolute atomic E-state index is 12.2.